The van der Waals surface area contributed by atoms with Crippen LogP contribution in [0.5, 0.6) is 0 Å². The van der Waals surface area contributed by atoms with Gasteiger partial charge >= 0.3 is 6.03 Å². The fourth-order valence-corrected chi connectivity index (χ4v) is 2.94. The Bertz CT molecular complexity index is 618. The maximum absolute atomic E-state index is 13.7. The highest BCUT2D eigenvalue weighted by atomic mass is 19.1. The van der Waals surface area contributed by atoms with Crippen molar-refractivity contribution in [2.75, 3.05) is 7.05 Å². The number of likely N-dealkylation sites (N-methyl/N-ethyl adjacent to an activating group) is 1. The van der Waals surface area contributed by atoms with E-state index < -0.39 is 29.6 Å². The van der Waals surface area contributed by atoms with Gasteiger partial charge in [-0.15, -0.1) is 0 Å². The number of hydrogen-bond donors (Lipinski definition) is 2. The van der Waals surface area contributed by atoms with Crippen molar-refractivity contribution in [2.45, 2.75) is 57.7 Å². The topological polar surface area (TPSA) is 61.4 Å². The van der Waals surface area contributed by atoms with Crippen LogP contribution in [-0.4, -0.2) is 36.0 Å². The molecule has 0 aliphatic heterocycles. The van der Waals surface area contributed by atoms with Crippen molar-refractivity contribution in [1.82, 2.24) is 15.5 Å². The lowest BCUT2D eigenvalue weighted by molar-refractivity contribution is -0.124. The van der Waals surface area contributed by atoms with E-state index in [1.807, 2.05) is 0 Å². The summed E-state index contributed by atoms with van der Waals surface area (Å²) in [6, 6.07) is 2.32. The largest absolute Gasteiger partial charge is 0.335 e. The van der Waals surface area contributed by atoms with Crippen molar-refractivity contribution >= 4 is 11.9 Å². The van der Waals surface area contributed by atoms with E-state index in [4.69, 9.17) is 0 Å². The zero-order valence-corrected chi connectivity index (χ0v) is 14.6. The third-order valence-electron chi connectivity index (χ3n) is 4.65. The molecular formula is C18H25F2N3O2. The molecule has 1 atom stereocenters. The summed E-state index contributed by atoms with van der Waals surface area (Å²) in [7, 11) is 1.64. The summed E-state index contributed by atoms with van der Waals surface area (Å²) in [5.41, 5.74) is 0.287. The van der Waals surface area contributed by atoms with E-state index in [9.17, 15) is 18.4 Å². The maximum Gasteiger partial charge on any atom is 0.321 e. The molecule has 0 saturated heterocycles. The molecule has 0 radical (unpaired) electrons. The van der Waals surface area contributed by atoms with Crippen molar-refractivity contribution in [3.8, 4) is 0 Å². The Morgan fingerprint density at radius 1 is 1.24 bits per heavy atom. The SMILES string of the molecule is CC(C(=O)NC(=O)NC1CCCCC1)N(C)Cc1ccc(F)cc1F. The lowest BCUT2D eigenvalue weighted by Gasteiger charge is -2.25. The number of urea groups is 1. The predicted molar refractivity (Wildman–Crippen MR) is 90.8 cm³/mol. The van der Waals surface area contributed by atoms with Crippen LogP contribution in [0.2, 0.25) is 0 Å². The number of benzene rings is 1. The second-order valence-corrected chi connectivity index (χ2v) is 6.62. The molecule has 0 spiro atoms. The molecule has 1 fully saturated rings. The summed E-state index contributed by atoms with van der Waals surface area (Å²) in [4.78, 5) is 25.7. The molecule has 2 N–H and O–H groups in total. The summed E-state index contributed by atoms with van der Waals surface area (Å²) in [5.74, 6) is -1.76. The number of halogens is 2. The fourth-order valence-electron chi connectivity index (χ4n) is 2.94. The smallest absolute Gasteiger partial charge is 0.321 e. The van der Waals surface area contributed by atoms with Crippen LogP contribution in [0.4, 0.5) is 13.6 Å². The molecule has 1 saturated carbocycles. The van der Waals surface area contributed by atoms with Crippen molar-refractivity contribution in [1.29, 1.82) is 0 Å². The number of amides is 3. The molecule has 0 aromatic heterocycles. The van der Waals surface area contributed by atoms with Gasteiger partial charge in [-0.05, 0) is 32.9 Å². The summed E-state index contributed by atoms with van der Waals surface area (Å²) >= 11 is 0. The van der Waals surface area contributed by atoms with Gasteiger partial charge in [0.1, 0.15) is 11.6 Å². The molecule has 1 aliphatic carbocycles. The van der Waals surface area contributed by atoms with E-state index >= 15 is 0 Å². The number of hydrogen-bond acceptors (Lipinski definition) is 3. The lowest BCUT2D eigenvalue weighted by atomic mass is 9.96. The van der Waals surface area contributed by atoms with Gasteiger partial charge < -0.3 is 5.32 Å². The summed E-state index contributed by atoms with van der Waals surface area (Å²) in [5, 5.41) is 5.15. The minimum atomic E-state index is -0.658. The molecule has 25 heavy (non-hydrogen) atoms. The lowest BCUT2D eigenvalue weighted by Crippen LogP contribution is -2.50. The van der Waals surface area contributed by atoms with Gasteiger partial charge in [-0.3, -0.25) is 15.0 Å². The predicted octanol–water partition coefficient (Wildman–Crippen LogP) is 2.94. The van der Waals surface area contributed by atoms with Crippen LogP contribution < -0.4 is 10.6 Å². The first-order valence-corrected chi connectivity index (χ1v) is 8.62. The molecule has 7 heteroatoms. The highest BCUT2D eigenvalue weighted by Crippen LogP contribution is 2.17. The Balaban J connectivity index is 1.84. The van der Waals surface area contributed by atoms with E-state index in [-0.39, 0.29) is 18.2 Å². The Labute approximate surface area is 146 Å². The van der Waals surface area contributed by atoms with Crippen molar-refractivity contribution in [3.05, 3.63) is 35.4 Å². The molecule has 1 aliphatic rings. The van der Waals surface area contributed by atoms with Crippen LogP contribution in [0.1, 0.15) is 44.6 Å². The zero-order chi connectivity index (χ0) is 18.4. The Morgan fingerprint density at radius 3 is 2.56 bits per heavy atom. The maximum atomic E-state index is 13.7. The third-order valence-corrected chi connectivity index (χ3v) is 4.65. The van der Waals surface area contributed by atoms with E-state index in [2.05, 4.69) is 10.6 Å². The molecule has 2 rings (SSSR count). The minimum absolute atomic E-state index is 0.114. The quantitative estimate of drug-likeness (QED) is 0.856. The van der Waals surface area contributed by atoms with Gasteiger partial charge in [0.05, 0.1) is 6.04 Å². The molecular weight excluding hydrogens is 328 g/mol. The molecule has 1 aromatic rings. The zero-order valence-electron chi connectivity index (χ0n) is 14.6. The van der Waals surface area contributed by atoms with Gasteiger partial charge in [0.2, 0.25) is 5.91 Å². The van der Waals surface area contributed by atoms with Gasteiger partial charge in [0.25, 0.3) is 0 Å². The third kappa shape index (κ3) is 5.77. The number of imide groups is 1. The normalized spacial score (nSPS) is 16.5. The Morgan fingerprint density at radius 2 is 1.92 bits per heavy atom. The highest BCUT2D eigenvalue weighted by Gasteiger charge is 2.22. The van der Waals surface area contributed by atoms with Crippen molar-refractivity contribution < 1.29 is 18.4 Å². The summed E-state index contributed by atoms with van der Waals surface area (Å²) in [6.07, 6.45) is 5.21. The Kier molecular flexibility index (Phi) is 6.87. The van der Waals surface area contributed by atoms with Gasteiger partial charge in [-0.1, -0.05) is 25.3 Å². The highest BCUT2D eigenvalue weighted by molar-refractivity contribution is 5.96. The van der Waals surface area contributed by atoms with Crippen LogP contribution in [0.25, 0.3) is 0 Å². The van der Waals surface area contributed by atoms with Gasteiger partial charge in [-0.2, -0.15) is 0 Å². The summed E-state index contributed by atoms with van der Waals surface area (Å²) in [6.45, 7) is 1.76. The standard InChI is InChI=1S/C18H25F2N3O2/c1-12(23(2)11-13-8-9-14(19)10-16(13)20)17(24)22-18(25)21-15-6-4-3-5-7-15/h8-10,12,15H,3-7,11H2,1-2H3,(H2,21,22,24,25). The first kappa shape index (κ1) is 19.3. The van der Waals surface area contributed by atoms with Crippen LogP contribution in [0, 0.1) is 11.6 Å². The monoisotopic (exact) mass is 353 g/mol. The number of nitrogens with one attached hydrogen (secondary N) is 2. The number of nitrogens with zero attached hydrogens (tertiary/aromatic N) is 1. The van der Waals surface area contributed by atoms with E-state index in [1.54, 1.807) is 18.9 Å². The van der Waals surface area contributed by atoms with Gasteiger partial charge in [0.15, 0.2) is 0 Å². The summed E-state index contributed by atoms with van der Waals surface area (Å²) < 4.78 is 26.7. The van der Waals surface area contributed by atoms with Crippen molar-refractivity contribution in [2.24, 2.45) is 0 Å². The van der Waals surface area contributed by atoms with Crippen molar-refractivity contribution in [3.63, 3.8) is 0 Å². The molecule has 3 amide bonds. The first-order chi connectivity index (χ1) is 11.9. The minimum Gasteiger partial charge on any atom is -0.335 e. The average molecular weight is 353 g/mol. The molecule has 1 unspecified atom stereocenters. The average Bonchev–Trinajstić information content (AvgIpc) is 2.57. The number of carbonyl (C=O) groups is 2. The molecule has 1 aromatic carbocycles. The van der Waals surface area contributed by atoms with E-state index in [0.717, 1.165) is 31.7 Å². The first-order valence-electron chi connectivity index (χ1n) is 8.62. The van der Waals surface area contributed by atoms with E-state index in [1.165, 1.54) is 18.6 Å². The van der Waals surface area contributed by atoms with Gasteiger partial charge in [-0.25, -0.2) is 13.6 Å². The van der Waals surface area contributed by atoms with Crippen LogP contribution in [0.15, 0.2) is 18.2 Å². The van der Waals surface area contributed by atoms with Crippen LogP contribution >= 0.6 is 0 Å². The van der Waals surface area contributed by atoms with Crippen LogP contribution in [0.3, 0.4) is 0 Å². The van der Waals surface area contributed by atoms with E-state index in [0.29, 0.717) is 0 Å². The second kappa shape index (κ2) is 8.89. The molecule has 138 valence electrons. The fraction of sp³-hybridized carbons (Fsp3) is 0.556. The van der Waals surface area contributed by atoms with Crippen LogP contribution in [-0.2, 0) is 11.3 Å². The Hall–Kier alpha value is -2.02. The number of rotatable bonds is 5. The number of carbonyl (C=O) groups excluding carboxylic acids is 2. The molecule has 0 bridgehead atoms. The van der Waals surface area contributed by atoms with Gasteiger partial charge in [0, 0.05) is 24.2 Å². The molecule has 0 heterocycles. The molecule has 5 nitrogen and oxygen atoms in total. The second-order valence-electron chi connectivity index (χ2n) is 6.62.